The summed E-state index contributed by atoms with van der Waals surface area (Å²) in [6, 6.07) is 17.8. The van der Waals surface area contributed by atoms with Gasteiger partial charge in [0.1, 0.15) is 10.7 Å². The molecule has 0 fully saturated rings. The molecule has 16 heteroatoms. The first-order chi connectivity index (χ1) is 24.8. The van der Waals surface area contributed by atoms with Crippen LogP contribution >= 0.6 is 23.2 Å². The van der Waals surface area contributed by atoms with E-state index in [-0.39, 0.29) is 39.5 Å². The molecular formula is C36H34Cl2F3N7O4. The Morgan fingerprint density at radius 3 is 2.02 bits per heavy atom. The van der Waals surface area contributed by atoms with Crippen molar-refractivity contribution in [3.05, 3.63) is 111 Å². The molecule has 2 atom stereocenters. The number of H-pyrrole nitrogens is 1. The number of aromatic amines is 1. The number of aryl methyl sites for hydroxylation is 2. The average Bonchev–Trinajstić information content (AvgIpc) is 3.72. The predicted octanol–water partition coefficient (Wildman–Crippen LogP) is 7.14. The molecule has 0 bridgehead atoms. The van der Waals surface area contributed by atoms with Crippen LogP contribution in [0.4, 0.5) is 24.5 Å². The lowest BCUT2D eigenvalue weighted by Crippen LogP contribution is -2.27. The van der Waals surface area contributed by atoms with Gasteiger partial charge in [0.25, 0.3) is 11.8 Å². The summed E-state index contributed by atoms with van der Waals surface area (Å²) in [5, 5.41) is 12.7. The number of hydrogen-bond acceptors (Lipinski definition) is 8. The highest BCUT2D eigenvalue weighted by molar-refractivity contribution is 6.36. The van der Waals surface area contributed by atoms with E-state index in [9.17, 15) is 22.8 Å². The van der Waals surface area contributed by atoms with Gasteiger partial charge in [-0.1, -0.05) is 23.7 Å². The van der Waals surface area contributed by atoms with E-state index in [4.69, 9.17) is 39.1 Å². The molecule has 0 saturated heterocycles. The summed E-state index contributed by atoms with van der Waals surface area (Å²) in [6.07, 6.45) is 2.07. The van der Waals surface area contributed by atoms with Crippen molar-refractivity contribution in [3.8, 4) is 17.3 Å². The first kappa shape index (κ1) is 36.9. The maximum atomic E-state index is 12.6. The highest BCUT2D eigenvalue weighted by Gasteiger charge is 2.29. The van der Waals surface area contributed by atoms with Crippen molar-refractivity contribution in [2.45, 2.75) is 56.8 Å². The number of carbonyl (C=O) groups excluding carboxylic acids is 2. The van der Waals surface area contributed by atoms with Crippen LogP contribution in [0.5, 0.6) is 5.88 Å². The molecule has 2 aromatic carbocycles. The van der Waals surface area contributed by atoms with Gasteiger partial charge in [-0.2, -0.15) is 18.3 Å². The van der Waals surface area contributed by atoms with Crippen molar-refractivity contribution in [2.75, 3.05) is 17.2 Å². The van der Waals surface area contributed by atoms with Gasteiger partial charge in [0.15, 0.2) is 23.3 Å². The normalized spacial score (nSPS) is 16.5. The topological polar surface area (TPSA) is 174 Å². The Hall–Kier alpha value is -4.89. The number of pyridine rings is 1. The number of nitrogens with zero attached hydrogens (tertiary/aromatic N) is 2. The molecule has 52 heavy (non-hydrogen) atoms. The van der Waals surface area contributed by atoms with Crippen molar-refractivity contribution in [3.63, 3.8) is 0 Å². The Labute approximate surface area is 306 Å². The van der Waals surface area contributed by atoms with E-state index >= 15 is 0 Å². The van der Waals surface area contributed by atoms with Gasteiger partial charge in [-0.15, -0.1) is 0 Å². The Morgan fingerprint density at radius 1 is 0.865 bits per heavy atom. The Balaban J connectivity index is 0.000000179. The average molecular weight is 757 g/mol. The van der Waals surface area contributed by atoms with Crippen LogP contribution in [0.1, 0.15) is 55.9 Å². The minimum atomic E-state index is -4.44. The molecule has 0 unspecified atom stereocenters. The smallest absolute Gasteiger partial charge is 0.422 e. The molecular weight excluding hydrogens is 722 g/mol. The fourth-order valence-corrected chi connectivity index (χ4v) is 6.37. The van der Waals surface area contributed by atoms with E-state index < -0.39 is 24.6 Å². The van der Waals surface area contributed by atoms with Gasteiger partial charge in [-0.05, 0) is 115 Å². The number of carbonyl (C=O) groups is 2. The third kappa shape index (κ3) is 9.31. The van der Waals surface area contributed by atoms with Crippen molar-refractivity contribution in [2.24, 2.45) is 11.5 Å². The molecule has 0 spiro atoms. The number of nitrogens with one attached hydrogen (secondary N) is 3. The predicted molar refractivity (Wildman–Crippen MR) is 191 cm³/mol. The number of benzene rings is 2. The number of alkyl halides is 3. The number of furan rings is 1. The molecule has 272 valence electrons. The monoisotopic (exact) mass is 755 g/mol. The molecule has 11 nitrogen and oxygen atoms in total. The third-order valence-electron chi connectivity index (χ3n) is 8.59. The quantitative estimate of drug-likeness (QED) is 0.117. The molecule has 0 saturated carbocycles. The summed E-state index contributed by atoms with van der Waals surface area (Å²) < 4.78 is 46.1. The minimum Gasteiger partial charge on any atom is -0.468 e. The molecule has 3 aromatic heterocycles. The summed E-state index contributed by atoms with van der Waals surface area (Å²) in [5.74, 6) is -0.574. The zero-order chi connectivity index (χ0) is 37.0. The zero-order valence-corrected chi connectivity index (χ0v) is 29.0. The van der Waals surface area contributed by atoms with E-state index in [0.717, 1.165) is 38.5 Å². The van der Waals surface area contributed by atoms with Gasteiger partial charge < -0.3 is 31.3 Å². The zero-order valence-electron chi connectivity index (χ0n) is 27.5. The largest absolute Gasteiger partial charge is 0.468 e. The molecule has 2 aliphatic rings. The van der Waals surface area contributed by atoms with Crippen LogP contribution in [0.3, 0.4) is 0 Å². The van der Waals surface area contributed by atoms with Crippen molar-refractivity contribution < 1.29 is 31.9 Å². The molecule has 0 radical (unpaired) electrons. The van der Waals surface area contributed by atoms with Crippen LogP contribution in [0.25, 0.3) is 11.5 Å². The van der Waals surface area contributed by atoms with Crippen LogP contribution in [-0.4, -0.2) is 51.9 Å². The second kappa shape index (κ2) is 15.8. The van der Waals surface area contributed by atoms with Crippen LogP contribution in [0.2, 0.25) is 10.2 Å². The Kier molecular flexibility index (Phi) is 11.2. The van der Waals surface area contributed by atoms with Gasteiger partial charge in [-0.3, -0.25) is 14.7 Å². The number of anilines is 2. The summed E-state index contributed by atoms with van der Waals surface area (Å²) in [7, 11) is 0. The van der Waals surface area contributed by atoms with Gasteiger partial charge in [0.2, 0.25) is 5.88 Å². The van der Waals surface area contributed by atoms with Crippen LogP contribution in [-0.2, 0) is 25.7 Å². The van der Waals surface area contributed by atoms with Gasteiger partial charge in [0.05, 0.1) is 5.56 Å². The Bertz CT molecular complexity index is 2070. The molecule has 5 aromatic rings. The maximum Gasteiger partial charge on any atom is 0.422 e. The second-order valence-electron chi connectivity index (χ2n) is 12.5. The second-order valence-corrected chi connectivity index (χ2v) is 13.3. The number of nitrogens with two attached hydrogens (primary N) is 2. The fourth-order valence-electron chi connectivity index (χ4n) is 5.96. The van der Waals surface area contributed by atoms with E-state index in [0.29, 0.717) is 22.8 Å². The number of halogens is 5. The standard InChI is InChI=1S/C18H16Cl2N4O2.C18H18F3N3O2/c19-14-6-5-13(26-14)16-15(20)17(24-23-16)18(25)22-12-4-2-9-7-11(21)3-1-10(9)8-12;19-18(20,21)10-26-16-6-3-13(9-23-16)17(25)24-15-5-2-11-7-14(22)4-1-12(11)8-15/h2,4-6,8,11H,1,3,7,21H2,(H,22,25)(H,23,24);2-3,5-6,8-9,14H,1,4,7,10,22H2,(H,24,25)/t11-;14-/m00/s1. The molecule has 0 aliphatic heterocycles. The summed E-state index contributed by atoms with van der Waals surface area (Å²) in [5.41, 5.74) is 18.8. The summed E-state index contributed by atoms with van der Waals surface area (Å²) >= 11 is 12.1. The van der Waals surface area contributed by atoms with Crippen molar-refractivity contribution in [1.29, 1.82) is 0 Å². The first-order valence-corrected chi connectivity index (χ1v) is 17.1. The molecule has 7 rings (SSSR count). The lowest BCUT2D eigenvalue weighted by molar-refractivity contribution is -0.154. The van der Waals surface area contributed by atoms with Crippen molar-refractivity contribution in [1.82, 2.24) is 15.2 Å². The number of amides is 2. The van der Waals surface area contributed by atoms with E-state index in [1.165, 1.54) is 40.6 Å². The summed E-state index contributed by atoms with van der Waals surface area (Å²) in [4.78, 5) is 28.5. The Morgan fingerprint density at radius 2 is 1.48 bits per heavy atom. The lowest BCUT2D eigenvalue weighted by Gasteiger charge is -2.22. The fraction of sp³-hybridized carbons (Fsp3) is 0.278. The van der Waals surface area contributed by atoms with Crippen LogP contribution in [0.15, 0.2) is 71.3 Å². The number of rotatable bonds is 7. The highest BCUT2D eigenvalue weighted by Crippen LogP contribution is 2.32. The van der Waals surface area contributed by atoms with Gasteiger partial charge in [-0.25, -0.2) is 4.98 Å². The number of hydrogen-bond donors (Lipinski definition) is 5. The summed E-state index contributed by atoms with van der Waals surface area (Å²) in [6.45, 7) is -1.43. The van der Waals surface area contributed by atoms with Crippen molar-refractivity contribution >= 4 is 46.4 Å². The molecule has 7 N–H and O–H groups in total. The molecule has 3 heterocycles. The van der Waals surface area contributed by atoms with Crippen LogP contribution < -0.4 is 26.8 Å². The van der Waals surface area contributed by atoms with E-state index in [1.807, 2.05) is 36.4 Å². The number of fused-ring (bicyclic) bond motifs is 2. The van der Waals surface area contributed by atoms with E-state index in [1.54, 1.807) is 12.1 Å². The van der Waals surface area contributed by atoms with E-state index in [2.05, 4.69) is 30.6 Å². The van der Waals surface area contributed by atoms with Crippen LogP contribution in [0, 0.1) is 0 Å². The van der Waals surface area contributed by atoms with Gasteiger partial charge >= 0.3 is 6.18 Å². The minimum absolute atomic E-state index is 0.0916. The van der Waals surface area contributed by atoms with Gasteiger partial charge in [0, 0.05) is 35.7 Å². The number of ether oxygens (including phenoxy) is 1. The maximum absolute atomic E-state index is 12.6. The number of aromatic nitrogens is 3. The molecule has 2 amide bonds. The molecule has 2 aliphatic carbocycles. The lowest BCUT2D eigenvalue weighted by atomic mass is 9.88. The first-order valence-electron chi connectivity index (χ1n) is 16.3. The third-order valence-corrected chi connectivity index (χ3v) is 9.16. The SMILES string of the molecule is N[C@H]1CCc2cc(NC(=O)c3ccc(OCC(F)(F)F)nc3)ccc2C1.N[C@H]1CCc2cc(NC(=O)c3n[nH]c(-c4ccc(Cl)o4)c3Cl)ccc2C1. The highest BCUT2D eigenvalue weighted by atomic mass is 35.5.